The number of aryl methyl sites for hydroxylation is 2. The van der Waals surface area contributed by atoms with Gasteiger partial charge in [-0.1, -0.05) is 0 Å². The number of ether oxygens (including phenoxy) is 2. The normalized spacial score (nSPS) is 10.7. The summed E-state index contributed by atoms with van der Waals surface area (Å²) in [5.74, 6) is 0.801. The number of hydrogen-bond acceptors (Lipinski definition) is 6. The van der Waals surface area contributed by atoms with E-state index in [1.54, 1.807) is 42.5 Å². The van der Waals surface area contributed by atoms with E-state index in [9.17, 15) is 4.79 Å². The molecule has 0 aliphatic heterocycles. The zero-order chi connectivity index (χ0) is 16.4. The van der Waals surface area contributed by atoms with Crippen molar-refractivity contribution in [3.05, 3.63) is 46.6 Å². The molecule has 23 heavy (non-hydrogen) atoms. The van der Waals surface area contributed by atoms with Crippen molar-refractivity contribution in [3.63, 3.8) is 0 Å². The molecule has 0 saturated carbocycles. The number of hydrogen-bond donors (Lipinski definition) is 0. The topological polar surface area (TPSA) is 61.3 Å². The van der Waals surface area contributed by atoms with E-state index in [0.717, 1.165) is 15.8 Å². The number of rotatable bonds is 4. The molecule has 0 N–H and O–H groups in total. The minimum Gasteiger partial charge on any atom is -0.462 e. The third-order valence-electron chi connectivity index (χ3n) is 3.51. The Labute approximate surface area is 137 Å². The molecule has 0 spiro atoms. The maximum absolute atomic E-state index is 11.7. The lowest BCUT2D eigenvalue weighted by Gasteiger charge is -2.07. The first kappa shape index (κ1) is 15.4. The Morgan fingerprint density at radius 3 is 2.61 bits per heavy atom. The molecule has 118 valence electrons. The van der Waals surface area contributed by atoms with Crippen LogP contribution < -0.4 is 4.74 Å². The molecule has 0 radical (unpaired) electrons. The van der Waals surface area contributed by atoms with Crippen LogP contribution in [0.3, 0.4) is 0 Å². The van der Waals surface area contributed by atoms with E-state index < -0.39 is 0 Å². The van der Waals surface area contributed by atoms with Crippen LogP contribution in [-0.2, 0) is 4.74 Å². The molecule has 2 heterocycles. The Morgan fingerprint density at radius 1 is 1.17 bits per heavy atom. The minimum atomic E-state index is -0.340. The fourth-order valence-corrected chi connectivity index (χ4v) is 3.20. The van der Waals surface area contributed by atoms with Crippen molar-refractivity contribution in [2.24, 2.45) is 0 Å². The van der Waals surface area contributed by atoms with E-state index >= 15 is 0 Å². The summed E-state index contributed by atoms with van der Waals surface area (Å²) in [7, 11) is 0. The first-order valence-electron chi connectivity index (χ1n) is 7.26. The molecule has 5 nitrogen and oxygen atoms in total. The van der Waals surface area contributed by atoms with E-state index in [2.05, 4.69) is 16.9 Å². The second kappa shape index (κ2) is 6.34. The van der Waals surface area contributed by atoms with Gasteiger partial charge < -0.3 is 9.47 Å². The number of esters is 1. The van der Waals surface area contributed by atoms with Crippen LogP contribution in [-0.4, -0.2) is 22.5 Å². The predicted octanol–water partition coefficient (Wildman–Crippen LogP) is 4.28. The average Bonchev–Trinajstić information content (AvgIpc) is 2.84. The van der Waals surface area contributed by atoms with Gasteiger partial charge in [-0.05, 0) is 50.6 Å². The quantitative estimate of drug-likeness (QED) is 0.669. The standard InChI is InChI=1S/C17H16N2O3S/c1-4-21-17(20)12-5-7-13(8-6-12)22-15-14-10(2)11(3)23-16(14)19-9-18-15/h5-9H,4H2,1-3H3. The summed E-state index contributed by atoms with van der Waals surface area (Å²) >= 11 is 1.62. The van der Waals surface area contributed by atoms with E-state index in [4.69, 9.17) is 9.47 Å². The molecular weight excluding hydrogens is 312 g/mol. The zero-order valence-electron chi connectivity index (χ0n) is 13.1. The third kappa shape index (κ3) is 3.03. The summed E-state index contributed by atoms with van der Waals surface area (Å²) in [5, 5.41) is 0.935. The second-order valence-corrected chi connectivity index (χ2v) is 6.19. The molecule has 3 rings (SSSR count). The molecule has 6 heteroatoms. The molecule has 0 atom stereocenters. The van der Waals surface area contributed by atoms with Crippen molar-refractivity contribution < 1.29 is 14.3 Å². The van der Waals surface area contributed by atoms with Crippen molar-refractivity contribution in [3.8, 4) is 11.6 Å². The molecular formula is C17H16N2O3S. The van der Waals surface area contributed by atoms with Crippen LogP contribution in [0, 0.1) is 13.8 Å². The lowest BCUT2D eigenvalue weighted by molar-refractivity contribution is 0.0526. The molecule has 0 amide bonds. The number of fused-ring (bicyclic) bond motifs is 1. The number of carbonyl (C=O) groups is 1. The van der Waals surface area contributed by atoms with Crippen molar-refractivity contribution in [2.75, 3.05) is 6.61 Å². The lowest BCUT2D eigenvalue weighted by Crippen LogP contribution is -2.04. The highest BCUT2D eigenvalue weighted by Crippen LogP contribution is 2.35. The zero-order valence-corrected chi connectivity index (χ0v) is 13.9. The number of thiophene rings is 1. The fourth-order valence-electron chi connectivity index (χ4n) is 2.21. The Hall–Kier alpha value is -2.47. The van der Waals surface area contributed by atoms with Crippen LogP contribution in [0.4, 0.5) is 0 Å². The highest BCUT2D eigenvalue weighted by Gasteiger charge is 2.14. The van der Waals surface area contributed by atoms with Crippen LogP contribution >= 0.6 is 11.3 Å². The van der Waals surface area contributed by atoms with Gasteiger partial charge >= 0.3 is 5.97 Å². The third-order valence-corrected chi connectivity index (χ3v) is 4.63. The Kier molecular flexibility index (Phi) is 4.25. The van der Waals surface area contributed by atoms with Crippen molar-refractivity contribution in [1.82, 2.24) is 9.97 Å². The van der Waals surface area contributed by atoms with Gasteiger partial charge in [0.25, 0.3) is 0 Å². The predicted molar refractivity (Wildman–Crippen MR) is 89.4 cm³/mol. The fraction of sp³-hybridized carbons (Fsp3) is 0.235. The van der Waals surface area contributed by atoms with Gasteiger partial charge in [0.15, 0.2) is 0 Å². The summed E-state index contributed by atoms with van der Waals surface area (Å²) < 4.78 is 10.8. The number of aromatic nitrogens is 2. The van der Waals surface area contributed by atoms with Crippen LogP contribution in [0.25, 0.3) is 10.2 Å². The van der Waals surface area contributed by atoms with Crippen LogP contribution in [0.15, 0.2) is 30.6 Å². The van der Waals surface area contributed by atoms with Gasteiger partial charge in [0.2, 0.25) is 5.88 Å². The molecule has 0 bridgehead atoms. The highest BCUT2D eigenvalue weighted by molar-refractivity contribution is 7.18. The first-order valence-corrected chi connectivity index (χ1v) is 8.07. The van der Waals surface area contributed by atoms with Crippen LogP contribution in [0.5, 0.6) is 11.6 Å². The summed E-state index contributed by atoms with van der Waals surface area (Å²) in [6.45, 7) is 6.22. The summed E-state index contributed by atoms with van der Waals surface area (Å²) in [4.78, 5) is 22.3. The molecule has 0 unspecified atom stereocenters. The van der Waals surface area contributed by atoms with E-state index in [-0.39, 0.29) is 5.97 Å². The number of nitrogens with zero attached hydrogens (tertiary/aromatic N) is 2. The van der Waals surface area contributed by atoms with Gasteiger partial charge in [-0.15, -0.1) is 11.3 Å². The average molecular weight is 328 g/mol. The van der Waals surface area contributed by atoms with E-state index in [0.29, 0.717) is 23.8 Å². The molecule has 1 aromatic carbocycles. The highest BCUT2D eigenvalue weighted by atomic mass is 32.1. The molecule has 0 fully saturated rings. The van der Waals surface area contributed by atoms with Crippen LogP contribution in [0.2, 0.25) is 0 Å². The van der Waals surface area contributed by atoms with Gasteiger partial charge in [0.05, 0.1) is 17.6 Å². The maximum Gasteiger partial charge on any atom is 0.338 e. The van der Waals surface area contributed by atoms with Crippen molar-refractivity contribution >= 4 is 27.5 Å². The van der Waals surface area contributed by atoms with E-state index in [1.165, 1.54) is 11.2 Å². The summed E-state index contributed by atoms with van der Waals surface area (Å²) in [5.41, 5.74) is 1.62. The van der Waals surface area contributed by atoms with Crippen LogP contribution in [0.1, 0.15) is 27.7 Å². The number of benzene rings is 1. The van der Waals surface area contributed by atoms with Gasteiger partial charge in [-0.25, -0.2) is 14.8 Å². The molecule has 0 aliphatic carbocycles. The largest absolute Gasteiger partial charge is 0.462 e. The number of carbonyl (C=O) groups excluding carboxylic acids is 1. The lowest BCUT2D eigenvalue weighted by atomic mass is 10.2. The summed E-state index contributed by atoms with van der Waals surface area (Å²) in [6, 6.07) is 6.82. The van der Waals surface area contributed by atoms with Gasteiger partial charge in [0, 0.05) is 4.88 Å². The molecule has 0 saturated heterocycles. The van der Waals surface area contributed by atoms with E-state index in [1.807, 2.05) is 6.92 Å². The molecule has 3 aromatic rings. The SMILES string of the molecule is CCOC(=O)c1ccc(Oc2ncnc3sc(C)c(C)c23)cc1. The molecule has 0 aliphatic rings. The Balaban J connectivity index is 1.89. The van der Waals surface area contributed by atoms with Crippen molar-refractivity contribution in [1.29, 1.82) is 0 Å². The monoisotopic (exact) mass is 328 g/mol. The first-order chi connectivity index (χ1) is 11.1. The minimum absolute atomic E-state index is 0.340. The molecule has 2 aromatic heterocycles. The van der Waals surface area contributed by atoms with Gasteiger partial charge in [-0.2, -0.15) is 0 Å². The second-order valence-electron chi connectivity index (χ2n) is 4.99. The van der Waals surface area contributed by atoms with Crippen molar-refractivity contribution in [2.45, 2.75) is 20.8 Å². The summed E-state index contributed by atoms with van der Waals surface area (Å²) in [6.07, 6.45) is 1.50. The maximum atomic E-state index is 11.7. The Bertz CT molecular complexity index is 856. The van der Waals surface area contributed by atoms with Gasteiger partial charge in [0.1, 0.15) is 16.9 Å². The smallest absolute Gasteiger partial charge is 0.338 e. The van der Waals surface area contributed by atoms with Gasteiger partial charge in [-0.3, -0.25) is 0 Å². The Morgan fingerprint density at radius 2 is 1.91 bits per heavy atom.